The number of benzene rings is 1. The Bertz CT molecular complexity index is 1140. The molecule has 4 rings (SSSR count). The molecule has 152 valence electrons. The van der Waals surface area contributed by atoms with Crippen LogP contribution in [0, 0.1) is 13.8 Å². The van der Waals surface area contributed by atoms with Crippen LogP contribution in [0.15, 0.2) is 58.2 Å². The molecule has 0 amide bonds. The highest BCUT2D eigenvalue weighted by Gasteiger charge is 2.10. The number of fused-ring (bicyclic) bond motifs is 2. The fourth-order valence-electron chi connectivity index (χ4n) is 3.41. The van der Waals surface area contributed by atoms with Crippen LogP contribution >= 0.6 is 24.0 Å². The Hall–Kier alpha value is -2.55. The second kappa shape index (κ2) is 9.30. The molecule has 0 saturated carbocycles. The molecular formula is C22H26IN5O. The van der Waals surface area contributed by atoms with E-state index in [0.717, 1.165) is 47.0 Å². The van der Waals surface area contributed by atoms with Crippen molar-refractivity contribution in [3.05, 3.63) is 71.4 Å². The van der Waals surface area contributed by atoms with Gasteiger partial charge in [-0.2, -0.15) is 0 Å². The summed E-state index contributed by atoms with van der Waals surface area (Å²) in [6.07, 6.45) is 4.94. The molecule has 0 bridgehead atoms. The van der Waals surface area contributed by atoms with Gasteiger partial charge in [0.05, 0.1) is 12.2 Å². The van der Waals surface area contributed by atoms with Crippen LogP contribution in [0.4, 0.5) is 0 Å². The molecule has 0 saturated heterocycles. The third kappa shape index (κ3) is 4.55. The second-order valence-electron chi connectivity index (χ2n) is 6.90. The number of nitrogens with zero attached hydrogens (tertiary/aromatic N) is 3. The van der Waals surface area contributed by atoms with E-state index in [9.17, 15) is 0 Å². The fourth-order valence-corrected chi connectivity index (χ4v) is 3.41. The minimum Gasteiger partial charge on any atom is -0.459 e. The van der Waals surface area contributed by atoms with Gasteiger partial charge in [0.1, 0.15) is 17.0 Å². The number of para-hydroxylation sites is 1. The predicted molar refractivity (Wildman–Crippen MR) is 128 cm³/mol. The first-order valence-corrected chi connectivity index (χ1v) is 9.50. The van der Waals surface area contributed by atoms with Crippen molar-refractivity contribution in [3.8, 4) is 0 Å². The molecule has 6 nitrogen and oxygen atoms in total. The second-order valence-corrected chi connectivity index (χ2v) is 6.90. The minimum absolute atomic E-state index is 0. The Morgan fingerprint density at radius 3 is 2.72 bits per heavy atom. The lowest BCUT2D eigenvalue weighted by atomic mass is 10.1. The molecule has 0 aliphatic heterocycles. The molecule has 2 N–H and O–H groups in total. The van der Waals surface area contributed by atoms with E-state index in [2.05, 4.69) is 52.2 Å². The van der Waals surface area contributed by atoms with Crippen LogP contribution in [-0.2, 0) is 13.0 Å². The van der Waals surface area contributed by atoms with Crippen molar-refractivity contribution in [3.63, 3.8) is 0 Å². The molecule has 3 aromatic heterocycles. The number of guanidine groups is 1. The number of imidazole rings is 1. The van der Waals surface area contributed by atoms with Crippen LogP contribution in [0.2, 0.25) is 0 Å². The van der Waals surface area contributed by atoms with E-state index < -0.39 is 0 Å². The molecular weight excluding hydrogens is 477 g/mol. The van der Waals surface area contributed by atoms with E-state index in [-0.39, 0.29) is 24.0 Å². The summed E-state index contributed by atoms with van der Waals surface area (Å²) in [5, 5.41) is 7.83. The topological polar surface area (TPSA) is 66.9 Å². The lowest BCUT2D eigenvalue weighted by molar-refractivity contribution is 0.534. The van der Waals surface area contributed by atoms with Crippen LogP contribution in [0.25, 0.3) is 16.6 Å². The fraction of sp³-hybridized carbons (Fsp3) is 0.273. The highest BCUT2D eigenvalue weighted by Crippen LogP contribution is 2.24. The number of pyridine rings is 1. The van der Waals surface area contributed by atoms with Crippen LogP contribution in [0.5, 0.6) is 0 Å². The molecule has 7 heteroatoms. The summed E-state index contributed by atoms with van der Waals surface area (Å²) in [6, 6.07) is 12.2. The Balaban J connectivity index is 0.00000240. The van der Waals surface area contributed by atoms with Gasteiger partial charge in [0.15, 0.2) is 5.96 Å². The number of rotatable bonds is 5. The number of hydrogen-bond acceptors (Lipinski definition) is 3. The van der Waals surface area contributed by atoms with Crippen molar-refractivity contribution in [2.75, 3.05) is 13.6 Å². The molecule has 29 heavy (non-hydrogen) atoms. The van der Waals surface area contributed by atoms with Gasteiger partial charge in [-0.05, 0) is 31.5 Å². The first kappa shape index (κ1) is 21.2. The van der Waals surface area contributed by atoms with Crippen LogP contribution in [0.3, 0.4) is 0 Å². The number of hydrogen-bond donors (Lipinski definition) is 2. The van der Waals surface area contributed by atoms with Crippen molar-refractivity contribution in [1.29, 1.82) is 0 Å². The summed E-state index contributed by atoms with van der Waals surface area (Å²) in [4.78, 5) is 9.01. The minimum atomic E-state index is 0. The molecule has 0 unspecified atom stereocenters. The lowest BCUT2D eigenvalue weighted by Crippen LogP contribution is -2.37. The molecule has 4 aromatic rings. The van der Waals surface area contributed by atoms with Gasteiger partial charge in [-0.1, -0.05) is 24.3 Å². The molecule has 0 radical (unpaired) electrons. The number of furan rings is 1. The van der Waals surface area contributed by atoms with E-state index in [4.69, 9.17) is 9.40 Å². The first-order chi connectivity index (χ1) is 13.7. The van der Waals surface area contributed by atoms with Gasteiger partial charge >= 0.3 is 0 Å². The molecule has 0 atom stereocenters. The zero-order valence-corrected chi connectivity index (χ0v) is 19.2. The van der Waals surface area contributed by atoms with Gasteiger partial charge < -0.3 is 19.5 Å². The maximum Gasteiger partial charge on any atom is 0.191 e. The van der Waals surface area contributed by atoms with Gasteiger partial charge in [-0.25, -0.2) is 4.98 Å². The zero-order valence-electron chi connectivity index (χ0n) is 16.9. The van der Waals surface area contributed by atoms with Crippen molar-refractivity contribution in [1.82, 2.24) is 20.0 Å². The highest BCUT2D eigenvalue weighted by molar-refractivity contribution is 14.0. The largest absolute Gasteiger partial charge is 0.459 e. The summed E-state index contributed by atoms with van der Waals surface area (Å²) in [6.45, 7) is 5.51. The number of aromatic nitrogens is 2. The number of nitrogens with one attached hydrogen (secondary N) is 2. The molecule has 0 fully saturated rings. The van der Waals surface area contributed by atoms with Crippen molar-refractivity contribution < 1.29 is 4.42 Å². The third-order valence-electron chi connectivity index (χ3n) is 4.98. The van der Waals surface area contributed by atoms with Crippen molar-refractivity contribution in [2.45, 2.75) is 26.8 Å². The maximum atomic E-state index is 5.95. The highest BCUT2D eigenvalue weighted by atomic mass is 127. The monoisotopic (exact) mass is 503 g/mol. The average Bonchev–Trinajstić information content (AvgIpc) is 3.27. The smallest absolute Gasteiger partial charge is 0.191 e. The molecule has 1 aromatic carbocycles. The molecule has 3 heterocycles. The van der Waals surface area contributed by atoms with Crippen LogP contribution in [0.1, 0.15) is 22.6 Å². The Labute approximate surface area is 187 Å². The molecule has 0 aliphatic rings. The van der Waals surface area contributed by atoms with E-state index in [1.807, 2.05) is 30.5 Å². The SMILES string of the molecule is CN=C(NCCc1cn2cccc(C)c2n1)NCc1oc2ccccc2c1C.I. The molecule has 0 spiro atoms. The predicted octanol–water partition coefficient (Wildman–Crippen LogP) is 4.22. The van der Waals surface area contributed by atoms with Gasteiger partial charge in [-0.15, -0.1) is 24.0 Å². The third-order valence-corrected chi connectivity index (χ3v) is 4.98. The van der Waals surface area contributed by atoms with E-state index in [1.165, 1.54) is 11.1 Å². The van der Waals surface area contributed by atoms with Gasteiger partial charge in [0.25, 0.3) is 0 Å². The van der Waals surface area contributed by atoms with Gasteiger partial charge in [-0.3, -0.25) is 4.99 Å². The standard InChI is InChI=1S/C22H25N5O.HI/c1-15-7-6-12-27-14-17(26-21(15)27)10-11-24-22(23-3)25-13-20-16(2)18-8-4-5-9-19(18)28-20;/h4-9,12,14H,10-11,13H2,1-3H3,(H2,23,24,25);1H. The van der Waals surface area contributed by atoms with Crippen LogP contribution < -0.4 is 10.6 Å². The summed E-state index contributed by atoms with van der Waals surface area (Å²) in [5.41, 5.74) is 5.34. The van der Waals surface area contributed by atoms with Crippen molar-refractivity contribution >= 4 is 46.6 Å². The van der Waals surface area contributed by atoms with Gasteiger partial charge in [0.2, 0.25) is 0 Å². The van der Waals surface area contributed by atoms with E-state index in [0.29, 0.717) is 6.54 Å². The Kier molecular flexibility index (Phi) is 6.79. The quantitative estimate of drug-likeness (QED) is 0.243. The average molecular weight is 503 g/mol. The Morgan fingerprint density at radius 1 is 1.14 bits per heavy atom. The number of aryl methyl sites for hydroxylation is 2. The van der Waals surface area contributed by atoms with Gasteiger partial charge in [0, 0.05) is 43.4 Å². The maximum absolute atomic E-state index is 5.95. The van der Waals surface area contributed by atoms with Crippen LogP contribution in [-0.4, -0.2) is 28.9 Å². The number of aliphatic imine (C=N–C) groups is 1. The first-order valence-electron chi connectivity index (χ1n) is 9.50. The van der Waals surface area contributed by atoms with E-state index in [1.54, 1.807) is 7.05 Å². The summed E-state index contributed by atoms with van der Waals surface area (Å²) in [7, 11) is 1.77. The summed E-state index contributed by atoms with van der Waals surface area (Å²) < 4.78 is 8.03. The molecule has 0 aliphatic carbocycles. The summed E-state index contributed by atoms with van der Waals surface area (Å²) in [5.74, 6) is 1.68. The van der Waals surface area contributed by atoms with Crippen molar-refractivity contribution in [2.24, 2.45) is 4.99 Å². The lowest BCUT2D eigenvalue weighted by Gasteiger charge is -2.10. The van der Waals surface area contributed by atoms with E-state index >= 15 is 0 Å². The Morgan fingerprint density at radius 2 is 1.97 bits per heavy atom. The number of halogens is 1. The normalized spacial score (nSPS) is 11.6. The zero-order chi connectivity index (χ0) is 19.5. The summed E-state index contributed by atoms with van der Waals surface area (Å²) >= 11 is 0.